The summed E-state index contributed by atoms with van der Waals surface area (Å²) in [6.07, 6.45) is 5.22. The number of nitroso groups, excluding NO2 is 1. The summed E-state index contributed by atoms with van der Waals surface area (Å²) >= 11 is 0. The zero-order chi connectivity index (χ0) is 35.0. The topological polar surface area (TPSA) is 113 Å². The van der Waals surface area contributed by atoms with Crippen LogP contribution in [-0.4, -0.2) is 117 Å². The van der Waals surface area contributed by atoms with Crippen molar-refractivity contribution < 1.29 is 24.1 Å². The van der Waals surface area contributed by atoms with Crippen LogP contribution in [0.1, 0.15) is 107 Å². The van der Waals surface area contributed by atoms with Gasteiger partial charge in [-0.2, -0.15) is 4.91 Å². The number of rotatable bonds is 25. The number of carbonyl (C=O) groups excluding carboxylic acids is 1. The summed E-state index contributed by atoms with van der Waals surface area (Å²) in [5.41, 5.74) is -0.828. The Morgan fingerprint density at radius 2 is 1.76 bits per heavy atom. The van der Waals surface area contributed by atoms with Crippen molar-refractivity contribution in [1.29, 1.82) is 0 Å². The lowest BCUT2D eigenvalue weighted by molar-refractivity contribution is -0.245. The largest absolute Gasteiger partial charge is 0.392 e. The van der Waals surface area contributed by atoms with Crippen LogP contribution in [0.3, 0.4) is 0 Å². The third kappa shape index (κ3) is 13.5. The lowest BCUT2D eigenvalue weighted by Gasteiger charge is -2.43. The molecule has 0 aromatic heterocycles. The van der Waals surface area contributed by atoms with E-state index in [1.807, 2.05) is 13.8 Å². The number of aliphatic hydroxyl groups is 1. The van der Waals surface area contributed by atoms with Gasteiger partial charge in [0.1, 0.15) is 11.8 Å². The maximum atomic E-state index is 12.3. The summed E-state index contributed by atoms with van der Waals surface area (Å²) in [5, 5.41) is 18.4. The van der Waals surface area contributed by atoms with Gasteiger partial charge in [-0.05, 0) is 98.4 Å². The van der Waals surface area contributed by atoms with Gasteiger partial charge in [-0.1, -0.05) is 53.1 Å². The first-order chi connectivity index (χ1) is 21.7. The molecule has 0 aromatic carbocycles. The van der Waals surface area contributed by atoms with Gasteiger partial charge in [0, 0.05) is 44.0 Å². The standard InChI is InChI=1S/C36H72N4O6/c1-13-16-32(44-12)36(9,38-43)22-27(5)40(19-15-18-37-17-14-2)23-25(3)29(7)35(30(8)34(42)26(4)24-41)46-33-21-31(39(10)11)20-28(6)45-33/h24-35,37,42H,13-23H2,1-12H3/t25-,26?,27+,28?,29?,30?,31?,32?,33?,34?,35-,36-/m0/s1. The van der Waals surface area contributed by atoms with Crippen molar-refractivity contribution in [2.45, 2.75) is 156 Å². The fourth-order valence-electron chi connectivity index (χ4n) is 7.20. The van der Waals surface area contributed by atoms with E-state index >= 15 is 0 Å². The quantitative estimate of drug-likeness (QED) is 0.0722. The maximum Gasteiger partial charge on any atom is 0.159 e. The molecule has 12 atom stereocenters. The van der Waals surface area contributed by atoms with Gasteiger partial charge in [0.25, 0.3) is 0 Å². The van der Waals surface area contributed by atoms with Gasteiger partial charge in [0.2, 0.25) is 0 Å². The Hall–Kier alpha value is -1.01. The molecule has 10 heteroatoms. The van der Waals surface area contributed by atoms with E-state index < -0.39 is 17.6 Å². The van der Waals surface area contributed by atoms with Crippen LogP contribution >= 0.6 is 0 Å². The Labute approximate surface area is 282 Å². The van der Waals surface area contributed by atoms with E-state index in [1.54, 1.807) is 14.0 Å². The molecule has 0 radical (unpaired) electrons. The highest BCUT2D eigenvalue weighted by molar-refractivity contribution is 5.53. The van der Waals surface area contributed by atoms with E-state index in [2.05, 4.69) is 75.9 Å². The van der Waals surface area contributed by atoms with Crippen LogP contribution in [0.2, 0.25) is 0 Å². The molecule has 0 bridgehead atoms. The van der Waals surface area contributed by atoms with E-state index in [4.69, 9.17) is 14.2 Å². The van der Waals surface area contributed by atoms with Crippen LogP contribution in [0, 0.1) is 28.6 Å². The van der Waals surface area contributed by atoms with Crippen molar-refractivity contribution in [3.8, 4) is 0 Å². The van der Waals surface area contributed by atoms with E-state index in [1.165, 1.54) is 0 Å². The minimum Gasteiger partial charge on any atom is -0.392 e. The second-order valence-corrected chi connectivity index (χ2v) is 14.9. The molecule has 0 saturated carbocycles. The molecule has 1 heterocycles. The molecule has 2 N–H and O–H groups in total. The summed E-state index contributed by atoms with van der Waals surface area (Å²) in [6, 6.07) is 0.442. The van der Waals surface area contributed by atoms with Crippen LogP contribution in [0.25, 0.3) is 0 Å². The van der Waals surface area contributed by atoms with Gasteiger partial charge in [-0.15, -0.1) is 0 Å². The minimum absolute atomic E-state index is 0.0532. The van der Waals surface area contributed by atoms with Crippen LogP contribution in [0.5, 0.6) is 0 Å². The van der Waals surface area contributed by atoms with Gasteiger partial charge in [0.15, 0.2) is 6.29 Å². The fourth-order valence-corrected chi connectivity index (χ4v) is 7.20. The number of hydrogen-bond acceptors (Lipinski definition) is 10. The molecule has 0 amide bonds. The predicted octanol–water partition coefficient (Wildman–Crippen LogP) is 5.74. The smallest absolute Gasteiger partial charge is 0.159 e. The summed E-state index contributed by atoms with van der Waals surface area (Å²) in [4.78, 5) is 28.7. The Morgan fingerprint density at radius 3 is 2.30 bits per heavy atom. The predicted molar refractivity (Wildman–Crippen MR) is 188 cm³/mol. The van der Waals surface area contributed by atoms with Gasteiger partial charge in [-0.25, -0.2) is 0 Å². The van der Waals surface area contributed by atoms with E-state index in [9.17, 15) is 14.8 Å². The molecule has 1 aliphatic rings. The number of aldehydes is 1. The van der Waals surface area contributed by atoms with Crippen molar-refractivity contribution in [3.05, 3.63) is 4.91 Å². The zero-order valence-corrected chi connectivity index (χ0v) is 31.5. The molecule has 10 nitrogen and oxygen atoms in total. The van der Waals surface area contributed by atoms with Crippen molar-refractivity contribution >= 4 is 6.29 Å². The van der Waals surface area contributed by atoms with Crippen molar-refractivity contribution in [3.63, 3.8) is 0 Å². The second kappa shape index (κ2) is 21.9. The average Bonchev–Trinajstić information content (AvgIpc) is 3.03. The van der Waals surface area contributed by atoms with Crippen LogP contribution < -0.4 is 5.32 Å². The highest BCUT2D eigenvalue weighted by Gasteiger charge is 2.41. The number of nitrogens with one attached hydrogen (secondary N) is 1. The van der Waals surface area contributed by atoms with Crippen LogP contribution in [-0.2, 0) is 19.0 Å². The normalized spacial score (nSPS) is 25.7. The minimum atomic E-state index is -0.828. The summed E-state index contributed by atoms with van der Waals surface area (Å²) in [6.45, 7) is 22.3. The van der Waals surface area contributed by atoms with E-state index in [0.717, 1.165) is 71.0 Å². The number of nitrogens with zero attached hydrogens (tertiary/aromatic N) is 3. The highest BCUT2D eigenvalue weighted by Crippen LogP contribution is 2.34. The average molecular weight is 657 g/mol. The molecule has 46 heavy (non-hydrogen) atoms. The molecule has 8 unspecified atom stereocenters. The number of aliphatic hydroxyl groups excluding tert-OH is 1. The molecule has 1 saturated heterocycles. The van der Waals surface area contributed by atoms with Crippen molar-refractivity contribution in [1.82, 2.24) is 15.1 Å². The third-order valence-electron chi connectivity index (χ3n) is 10.5. The molecule has 1 aliphatic heterocycles. The highest BCUT2D eigenvalue weighted by atomic mass is 16.7. The molecule has 1 fully saturated rings. The number of ether oxygens (including phenoxy) is 3. The molecular weight excluding hydrogens is 584 g/mol. The van der Waals surface area contributed by atoms with Crippen molar-refractivity contribution in [2.75, 3.05) is 47.4 Å². The molecule has 0 aliphatic carbocycles. The zero-order valence-electron chi connectivity index (χ0n) is 31.5. The summed E-state index contributed by atoms with van der Waals surface area (Å²) in [7, 11) is 5.86. The van der Waals surface area contributed by atoms with Gasteiger partial charge < -0.3 is 39.2 Å². The summed E-state index contributed by atoms with van der Waals surface area (Å²) < 4.78 is 18.9. The lowest BCUT2D eigenvalue weighted by atomic mass is 9.79. The maximum absolute atomic E-state index is 12.3. The molecule has 0 spiro atoms. The summed E-state index contributed by atoms with van der Waals surface area (Å²) in [5.74, 6) is -0.536. The Kier molecular flexibility index (Phi) is 20.4. The Bertz CT molecular complexity index is 836. The van der Waals surface area contributed by atoms with E-state index in [-0.39, 0.29) is 48.4 Å². The van der Waals surface area contributed by atoms with Gasteiger partial charge in [0.05, 0.1) is 24.4 Å². The van der Waals surface area contributed by atoms with Crippen LogP contribution in [0.15, 0.2) is 5.18 Å². The number of carbonyl (C=O) groups is 1. The fraction of sp³-hybridized carbons (Fsp3) is 0.972. The SMILES string of the molecule is CCCNCCCN(C[C@H](C)C(C)[C@H](OC1CC(N(C)C)CC(C)O1)C(C)C(O)C(C)C=O)[C@H](C)C[C@](C)(N=O)C(CCC)OC. The number of hydrogen-bond donors (Lipinski definition) is 2. The lowest BCUT2D eigenvalue weighted by Crippen LogP contribution is -2.50. The molecular formula is C36H72N4O6. The third-order valence-corrected chi connectivity index (χ3v) is 10.5. The monoisotopic (exact) mass is 657 g/mol. The van der Waals surface area contributed by atoms with Gasteiger partial charge in [-0.3, -0.25) is 0 Å². The van der Waals surface area contributed by atoms with E-state index in [0.29, 0.717) is 12.5 Å². The first kappa shape index (κ1) is 43.0. The van der Waals surface area contributed by atoms with Gasteiger partial charge >= 0.3 is 0 Å². The molecule has 1 rings (SSSR count). The Morgan fingerprint density at radius 1 is 1.09 bits per heavy atom. The first-order valence-corrected chi connectivity index (χ1v) is 18.1. The first-order valence-electron chi connectivity index (χ1n) is 18.1. The number of methoxy groups -OCH3 is 1. The van der Waals surface area contributed by atoms with Crippen LogP contribution in [0.4, 0.5) is 0 Å². The second-order valence-electron chi connectivity index (χ2n) is 14.9. The molecule has 0 aromatic rings. The molecule has 272 valence electrons. The van der Waals surface area contributed by atoms with Crippen molar-refractivity contribution in [2.24, 2.45) is 28.8 Å². The Balaban J connectivity index is 3.29.